The summed E-state index contributed by atoms with van der Waals surface area (Å²) in [5.41, 5.74) is 2.71. The second-order valence-corrected chi connectivity index (χ2v) is 2.79. The molecule has 0 aliphatic carbocycles. The fraction of sp³-hybridized carbons (Fsp3) is 0.556. The highest BCUT2D eigenvalue weighted by molar-refractivity contribution is 5.10. The Bertz CT molecular complexity index is 228. The quantitative estimate of drug-likeness (QED) is 0.532. The Morgan fingerprint density at radius 1 is 1.50 bits per heavy atom. The summed E-state index contributed by atoms with van der Waals surface area (Å²) in [5, 5.41) is 0. The maximum atomic E-state index is 5.53. The smallest absolute Gasteiger partial charge is 0.122 e. The van der Waals surface area contributed by atoms with Gasteiger partial charge >= 0.3 is 0 Å². The van der Waals surface area contributed by atoms with E-state index in [9.17, 15) is 0 Å². The largest absolute Gasteiger partial charge is 0.464 e. The first-order valence-electron chi connectivity index (χ1n) is 4.36. The van der Waals surface area contributed by atoms with Gasteiger partial charge in [0.15, 0.2) is 0 Å². The van der Waals surface area contributed by atoms with Crippen LogP contribution in [0.15, 0.2) is 16.5 Å². The van der Waals surface area contributed by atoms with Crippen molar-refractivity contribution in [3.05, 3.63) is 23.7 Å². The average molecular weight is 168 g/mol. The number of hydrogen-bond acceptors (Lipinski definition) is 3. The Morgan fingerprint density at radius 2 is 2.25 bits per heavy atom. The van der Waals surface area contributed by atoms with Gasteiger partial charge in [-0.3, -0.25) is 5.84 Å². The molecule has 3 N–H and O–H groups in total. The van der Waals surface area contributed by atoms with Gasteiger partial charge in [0.05, 0.1) is 6.04 Å². The molecule has 0 spiro atoms. The minimum Gasteiger partial charge on any atom is -0.464 e. The van der Waals surface area contributed by atoms with Crippen molar-refractivity contribution in [3.8, 4) is 0 Å². The lowest BCUT2D eigenvalue weighted by Gasteiger charge is -2.09. The SMILES string of the molecule is CCc1ccc(C(CC)NN)o1. The molecule has 3 heteroatoms. The molecule has 1 rings (SSSR count). The lowest BCUT2D eigenvalue weighted by atomic mass is 10.2. The number of furan rings is 1. The summed E-state index contributed by atoms with van der Waals surface area (Å²) in [6, 6.07) is 4.12. The van der Waals surface area contributed by atoms with E-state index >= 15 is 0 Å². The van der Waals surface area contributed by atoms with Gasteiger partial charge < -0.3 is 4.42 Å². The van der Waals surface area contributed by atoms with E-state index in [1.807, 2.05) is 12.1 Å². The summed E-state index contributed by atoms with van der Waals surface area (Å²) in [5.74, 6) is 7.30. The Morgan fingerprint density at radius 3 is 2.67 bits per heavy atom. The number of hydrazine groups is 1. The van der Waals surface area contributed by atoms with Crippen LogP contribution in [0.3, 0.4) is 0 Å². The van der Waals surface area contributed by atoms with Crippen LogP contribution in [0.2, 0.25) is 0 Å². The number of nitrogens with two attached hydrogens (primary N) is 1. The van der Waals surface area contributed by atoms with E-state index in [0.717, 1.165) is 24.4 Å². The van der Waals surface area contributed by atoms with Crippen molar-refractivity contribution in [1.82, 2.24) is 5.43 Å². The van der Waals surface area contributed by atoms with Gasteiger partial charge in [-0.15, -0.1) is 0 Å². The lowest BCUT2D eigenvalue weighted by molar-refractivity contribution is 0.391. The minimum absolute atomic E-state index is 0.144. The summed E-state index contributed by atoms with van der Waals surface area (Å²) in [6.07, 6.45) is 1.87. The number of rotatable bonds is 4. The van der Waals surface area contributed by atoms with E-state index in [1.165, 1.54) is 0 Å². The van der Waals surface area contributed by atoms with Gasteiger partial charge in [0.2, 0.25) is 0 Å². The maximum absolute atomic E-state index is 5.53. The summed E-state index contributed by atoms with van der Waals surface area (Å²) < 4.78 is 5.53. The molecule has 1 unspecified atom stereocenters. The fourth-order valence-corrected chi connectivity index (χ4v) is 1.17. The molecular formula is C9H16N2O. The van der Waals surface area contributed by atoms with Crippen LogP contribution in [-0.2, 0) is 6.42 Å². The van der Waals surface area contributed by atoms with Crippen molar-refractivity contribution >= 4 is 0 Å². The molecule has 0 fully saturated rings. The van der Waals surface area contributed by atoms with Crippen LogP contribution in [0.5, 0.6) is 0 Å². The van der Waals surface area contributed by atoms with E-state index in [0.29, 0.717) is 0 Å². The van der Waals surface area contributed by atoms with E-state index in [2.05, 4.69) is 19.3 Å². The first kappa shape index (κ1) is 9.29. The second kappa shape index (κ2) is 4.28. The predicted molar refractivity (Wildman–Crippen MR) is 48.4 cm³/mol. The summed E-state index contributed by atoms with van der Waals surface area (Å²) in [4.78, 5) is 0. The van der Waals surface area contributed by atoms with Gasteiger partial charge in [-0.05, 0) is 18.6 Å². The van der Waals surface area contributed by atoms with Crippen LogP contribution in [0.1, 0.15) is 37.8 Å². The molecule has 0 bridgehead atoms. The van der Waals surface area contributed by atoms with Gasteiger partial charge in [0.25, 0.3) is 0 Å². The van der Waals surface area contributed by atoms with Crippen molar-refractivity contribution in [2.24, 2.45) is 5.84 Å². The zero-order valence-electron chi connectivity index (χ0n) is 7.63. The van der Waals surface area contributed by atoms with Crippen LogP contribution >= 0.6 is 0 Å². The fourth-order valence-electron chi connectivity index (χ4n) is 1.17. The Balaban J connectivity index is 2.72. The minimum atomic E-state index is 0.144. The average Bonchev–Trinajstić information content (AvgIpc) is 2.55. The maximum Gasteiger partial charge on any atom is 0.122 e. The van der Waals surface area contributed by atoms with E-state index < -0.39 is 0 Å². The van der Waals surface area contributed by atoms with Gasteiger partial charge in [0.1, 0.15) is 11.5 Å². The van der Waals surface area contributed by atoms with Gasteiger partial charge in [-0.1, -0.05) is 13.8 Å². The predicted octanol–water partition coefficient (Wildman–Crippen LogP) is 1.76. The molecule has 0 aliphatic heterocycles. The molecule has 0 amide bonds. The highest BCUT2D eigenvalue weighted by atomic mass is 16.3. The molecule has 1 aromatic heterocycles. The first-order valence-corrected chi connectivity index (χ1v) is 4.36. The lowest BCUT2D eigenvalue weighted by Crippen LogP contribution is -2.26. The van der Waals surface area contributed by atoms with Crippen molar-refractivity contribution in [1.29, 1.82) is 0 Å². The molecule has 0 saturated carbocycles. The third kappa shape index (κ3) is 1.87. The highest BCUT2D eigenvalue weighted by Gasteiger charge is 2.10. The van der Waals surface area contributed by atoms with Crippen LogP contribution < -0.4 is 11.3 Å². The van der Waals surface area contributed by atoms with Gasteiger partial charge in [0, 0.05) is 6.42 Å². The third-order valence-electron chi connectivity index (χ3n) is 1.98. The van der Waals surface area contributed by atoms with Crippen molar-refractivity contribution in [2.75, 3.05) is 0 Å². The standard InChI is InChI=1S/C9H16N2O/c1-3-7-5-6-9(12-7)8(4-2)11-10/h5-6,8,11H,3-4,10H2,1-2H3. The molecule has 0 aliphatic rings. The molecule has 12 heavy (non-hydrogen) atoms. The number of aryl methyl sites for hydroxylation is 1. The number of hydrogen-bond donors (Lipinski definition) is 2. The van der Waals surface area contributed by atoms with Crippen LogP contribution in [0, 0.1) is 0 Å². The molecule has 1 heterocycles. The molecule has 1 atom stereocenters. The first-order chi connectivity index (χ1) is 5.81. The molecule has 3 nitrogen and oxygen atoms in total. The van der Waals surface area contributed by atoms with Gasteiger partial charge in [-0.25, -0.2) is 5.43 Å². The number of nitrogens with one attached hydrogen (secondary N) is 1. The molecule has 0 saturated heterocycles. The summed E-state index contributed by atoms with van der Waals surface area (Å²) >= 11 is 0. The second-order valence-electron chi connectivity index (χ2n) is 2.79. The zero-order valence-corrected chi connectivity index (χ0v) is 7.63. The van der Waals surface area contributed by atoms with Crippen molar-refractivity contribution < 1.29 is 4.42 Å². The van der Waals surface area contributed by atoms with Crippen LogP contribution in [0.4, 0.5) is 0 Å². The summed E-state index contributed by atoms with van der Waals surface area (Å²) in [7, 11) is 0. The Labute approximate surface area is 72.9 Å². The molecular weight excluding hydrogens is 152 g/mol. The Hall–Kier alpha value is -0.800. The highest BCUT2D eigenvalue weighted by Crippen LogP contribution is 2.18. The van der Waals surface area contributed by atoms with Crippen LogP contribution in [-0.4, -0.2) is 0 Å². The van der Waals surface area contributed by atoms with Crippen molar-refractivity contribution in [2.45, 2.75) is 32.7 Å². The molecule has 0 aromatic carbocycles. The molecule has 0 radical (unpaired) electrons. The zero-order chi connectivity index (χ0) is 8.97. The molecule has 1 aromatic rings. The normalized spacial score (nSPS) is 13.2. The third-order valence-corrected chi connectivity index (χ3v) is 1.98. The summed E-state index contributed by atoms with van der Waals surface area (Å²) in [6.45, 7) is 4.14. The monoisotopic (exact) mass is 168 g/mol. The van der Waals surface area contributed by atoms with E-state index in [4.69, 9.17) is 10.3 Å². The van der Waals surface area contributed by atoms with E-state index in [1.54, 1.807) is 0 Å². The Kier molecular flexibility index (Phi) is 3.31. The van der Waals surface area contributed by atoms with E-state index in [-0.39, 0.29) is 6.04 Å². The van der Waals surface area contributed by atoms with Crippen LogP contribution in [0.25, 0.3) is 0 Å². The van der Waals surface area contributed by atoms with Crippen molar-refractivity contribution in [3.63, 3.8) is 0 Å². The molecule has 68 valence electrons. The topological polar surface area (TPSA) is 51.2 Å². The van der Waals surface area contributed by atoms with Gasteiger partial charge in [-0.2, -0.15) is 0 Å².